The largest absolute Gasteiger partial charge is 0.481 e. The van der Waals surface area contributed by atoms with E-state index in [0.717, 1.165) is 0 Å². The van der Waals surface area contributed by atoms with Crippen LogP contribution < -0.4 is 5.32 Å². The minimum atomic E-state index is -1.15. The number of carboxylic acid groups (broad SMARTS) is 1. The van der Waals surface area contributed by atoms with Gasteiger partial charge in [0, 0.05) is 0 Å². The summed E-state index contributed by atoms with van der Waals surface area (Å²) in [6.07, 6.45) is 0. The van der Waals surface area contributed by atoms with Crippen molar-refractivity contribution in [3.05, 3.63) is 29.3 Å². The Kier molecular flexibility index (Phi) is 4.35. The average Bonchev–Trinajstić information content (AvgIpc) is 2.18. The Labute approximate surface area is 111 Å². The first-order chi connectivity index (χ1) is 8.23. The molecule has 0 heterocycles. The lowest BCUT2D eigenvalue weighted by molar-refractivity contribution is -0.149. The molecule has 5 heteroatoms. The smallest absolute Gasteiger partial charge is 0.316 e. The van der Waals surface area contributed by atoms with Crippen molar-refractivity contribution in [2.45, 2.75) is 20.8 Å². The van der Waals surface area contributed by atoms with Gasteiger partial charge in [0.15, 0.2) is 0 Å². The van der Waals surface area contributed by atoms with E-state index in [1.54, 1.807) is 45.0 Å². The van der Waals surface area contributed by atoms with Gasteiger partial charge in [0.1, 0.15) is 5.92 Å². The van der Waals surface area contributed by atoms with E-state index in [1.165, 1.54) is 0 Å². The van der Waals surface area contributed by atoms with Crippen LogP contribution in [-0.4, -0.2) is 17.0 Å². The van der Waals surface area contributed by atoms with Gasteiger partial charge in [-0.25, -0.2) is 0 Å². The molecule has 0 saturated heterocycles. The molecule has 0 aliphatic rings. The number of benzene rings is 1. The summed E-state index contributed by atoms with van der Waals surface area (Å²) in [6, 6.07) is 6.70. The van der Waals surface area contributed by atoms with Crippen LogP contribution in [0.4, 0.5) is 5.69 Å². The maximum atomic E-state index is 12.0. The van der Waals surface area contributed by atoms with Gasteiger partial charge in [0.2, 0.25) is 5.91 Å². The molecule has 0 bridgehead atoms. The number of aliphatic carboxylic acids is 1. The number of hydrogen-bond donors (Lipinski definition) is 2. The predicted octanol–water partition coefficient (Wildman–Crippen LogP) is 3.03. The molecule has 0 aromatic heterocycles. The van der Waals surface area contributed by atoms with Crippen LogP contribution in [-0.2, 0) is 9.59 Å². The maximum Gasteiger partial charge on any atom is 0.316 e. The van der Waals surface area contributed by atoms with Gasteiger partial charge in [-0.2, -0.15) is 0 Å². The van der Waals surface area contributed by atoms with Gasteiger partial charge in [-0.3, -0.25) is 9.59 Å². The number of halogens is 1. The molecule has 0 spiro atoms. The molecule has 0 saturated carbocycles. The molecule has 2 N–H and O–H groups in total. The molecule has 1 aromatic carbocycles. The second kappa shape index (κ2) is 5.40. The van der Waals surface area contributed by atoms with Gasteiger partial charge >= 0.3 is 5.97 Å². The van der Waals surface area contributed by atoms with Crippen LogP contribution in [0.1, 0.15) is 20.8 Å². The van der Waals surface area contributed by atoms with Crippen LogP contribution in [0, 0.1) is 11.3 Å². The number of carbonyl (C=O) groups excluding carboxylic acids is 1. The number of nitrogens with one attached hydrogen (secondary N) is 1. The standard InChI is InChI=1S/C13H16ClNO3/c1-13(2,3)10(12(17)18)11(16)15-9-7-5-4-6-8(9)14/h4-7,10H,1-3H3,(H,15,16)(H,17,18). The van der Waals surface area contributed by atoms with Crippen LogP contribution in [0.2, 0.25) is 5.02 Å². The van der Waals surface area contributed by atoms with E-state index in [1.807, 2.05) is 0 Å². The summed E-state index contributed by atoms with van der Waals surface area (Å²) in [7, 11) is 0. The highest BCUT2D eigenvalue weighted by Crippen LogP contribution is 2.29. The zero-order valence-electron chi connectivity index (χ0n) is 10.5. The van der Waals surface area contributed by atoms with E-state index in [4.69, 9.17) is 16.7 Å². The minimum absolute atomic E-state index is 0.379. The fraction of sp³-hybridized carbons (Fsp3) is 0.385. The molecule has 4 nitrogen and oxygen atoms in total. The zero-order valence-corrected chi connectivity index (χ0v) is 11.3. The lowest BCUT2D eigenvalue weighted by Gasteiger charge is -2.26. The summed E-state index contributed by atoms with van der Waals surface area (Å²) >= 11 is 5.90. The molecule has 98 valence electrons. The maximum absolute atomic E-state index is 12.0. The first-order valence-electron chi connectivity index (χ1n) is 5.51. The molecule has 1 rings (SSSR count). The van der Waals surface area contributed by atoms with Crippen molar-refractivity contribution in [3.8, 4) is 0 Å². The molecular formula is C13H16ClNO3. The topological polar surface area (TPSA) is 66.4 Å². The Morgan fingerprint density at radius 1 is 1.28 bits per heavy atom. The highest BCUT2D eigenvalue weighted by atomic mass is 35.5. The number of anilines is 1. The second-order valence-electron chi connectivity index (χ2n) is 5.11. The van der Waals surface area contributed by atoms with E-state index in [9.17, 15) is 9.59 Å². The van der Waals surface area contributed by atoms with E-state index in [0.29, 0.717) is 10.7 Å². The van der Waals surface area contributed by atoms with Crippen LogP contribution in [0.5, 0.6) is 0 Å². The van der Waals surface area contributed by atoms with Gasteiger partial charge in [-0.1, -0.05) is 44.5 Å². The zero-order chi connectivity index (χ0) is 13.9. The van der Waals surface area contributed by atoms with Crippen LogP contribution >= 0.6 is 11.6 Å². The highest BCUT2D eigenvalue weighted by molar-refractivity contribution is 6.33. The molecule has 1 aromatic rings. The molecule has 0 fully saturated rings. The molecule has 0 aliphatic heterocycles. The van der Waals surface area contributed by atoms with Crippen molar-refractivity contribution in [1.82, 2.24) is 0 Å². The Morgan fingerprint density at radius 2 is 1.83 bits per heavy atom. The van der Waals surface area contributed by atoms with Crippen molar-refractivity contribution < 1.29 is 14.7 Å². The molecular weight excluding hydrogens is 254 g/mol. The third-order valence-corrected chi connectivity index (χ3v) is 2.84. The van der Waals surface area contributed by atoms with Crippen molar-refractivity contribution >= 4 is 29.2 Å². The number of hydrogen-bond acceptors (Lipinski definition) is 2. The van der Waals surface area contributed by atoms with Crippen molar-refractivity contribution in [2.75, 3.05) is 5.32 Å². The van der Waals surface area contributed by atoms with Gasteiger partial charge in [0.05, 0.1) is 10.7 Å². The molecule has 18 heavy (non-hydrogen) atoms. The minimum Gasteiger partial charge on any atom is -0.481 e. The summed E-state index contributed by atoms with van der Waals surface area (Å²) in [4.78, 5) is 23.2. The third-order valence-electron chi connectivity index (χ3n) is 2.51. The fourth-order valence-electron chi connectivity index (χ4n) is 1.64. The van der Waals surface area contributed by atoms with Crippen LogP contribution in [0.25, 0.3) is 0 Å². The van der Waals surface area contributed by atoms with Gasteiger partial charge < -0.3 is 10.4 Å². The van der Waals surface area contributed by atoms with Crippen molar-refractivity contribution in [1.29, 1.82) is 0 Å². The summed E-state index contributed by atoms with van der Waals surface area (Å²) in [6.45, 7) is 5.12. The first kappa shape index (κ1) is 14.5. The molecule has 1 unspecified atom stereocenters. The lowest BCUT2D eigenvalue weighted by Crippen LogP contribution is -2.39. The van der Waals surface area contributed by atoms with Gasteiger partial charge in [0.25, 0.3) is 0 Å². The number of carboxylic acids is 1. The number of amides is 1. The van der Waals surface area contributed by atoms with E-state index >= 15 is 0 Å². The number of rotatable bonds is 3. The molecule has 0 aliphatic carbocycles. The third kappa shape index (κ3) is 3.47. The van der Waals surface area contributed by atoms with E-state index in [2.05, 4.69) is 5.32 Å². The Morgan fingerprint density at radius 3 is 2.28 bits per heavy atom. The fourth-order valence-corrected chi connectivity index (χ4v) is 1.83. The van der Waals surface area contributed by atoms with Crippen LogP contribution in [0.15, 0.2) is 24.3 Å². The predicted molar refractivity (Wildman–Crippen MR) is 70.7 cm³/mol. The Balaban J connectivity index is 2.94. The Hall–Kier alpha value is -1.55. The summed E-state index contributed by atoms with van der Waals surface area (Å²) in [5.41, 5.74) is -0.253. The molecule has 1 atom stereocenters. The van der Waals surface area contributed by atoms with E-state index in [-0.39, 0.29) is 0 Å². The molecule has 0 radical (unpaired) electrons. The highest BCUT2D eigenvalue weighted by Gasteiger charge is 2.37. The van der Waals surface area contributed by atoms with Gasteiger partial charge in [-0.15, -0.1) is 0 Å². The van der Waals surface area contributed by atoms with Crippen LogP contribution in [0.3, 0.4) is 0 Å². The Bertz CT molecular complexity index is 466. The normalized spacial score (nSPS) is 12.9. The van der Waals surface area contributed by atoms with E-state index < -0.39 is 23.2 Å². The monoisotopic (exact) mass is 269 g/mol. The van der Waals surface area contributed by atoms with Crippen molar-refractivity contribution in [3.63, 3.8) is 0 Å². The quantitative estimate of drug-likeness (QED) is 0.829. The average molecular weight is 270 g/mol. The summed E-state index contributed by atoms with van der Waals surface area (Å²) < 4.78 is 0. The van der Waals surface area contributed by atoms with Crippen molar-refractivity contribution in [2.24, 2.45) is 11.3 Å². The summed E-state index contributed by atoms with van der Waals surface area (Å²) in [5.74, 6) is -2.84. The summed E-state index contributed by atoms with van der Waals surface area (Å²) in [5, 5.41) is 12.1. The SMILES string of the molecule is CC(C)(C)C(C(=O)O)C(=O)Nc1ccccc1Cl. The number of para-hydroxylation sites is 1. The van der Waals surface area contributed by atoms with Gasteiger partial charge in [-0.05, 0) is 17.5 Å². The molecule has 1 amide bonds. The lowest BCUT2D eigenvalue weighted by atomic mass is 9.80. The second-order valence-corrected chi connectivity index (χ2v) is 5.51. The number of carbonyl (C=O) groups is 2. The first-order valence-corrected chi connectivity index (χ1v) is 5.89.